The third-order valence-electron chi connectivity index (χ3n) is 7.90. The number of benzene rings is 4. The van der Waals surface area contributed by atoms with Crippen molar-refractivity contribution >= 4 is 65.6 Å². The van der Waals surface area contributed by atoms with E-state index in [4.69, 9.17) is 4.42 Å². The lowest BCUT2D eigenvalue weighted by Gasteiger charge is -2.14. The number of fused-ring (bicyclic) bond motifs is 9. The lowest BCUT2D eigenvalue weighted by Crippen LogP contribution is -2.01. The molecule has 0 fully saturated rings. The van der Waals surface area contributed by atoms with Gasteiger partial charge in [0.25, 0.3) is 0 Å². The number of rotatable bonds is 2. The first-order valence-electron chi connectivity index (χ1n) is 13.0. The molecule has 5 nitrogen and oxygen atoms in total. The van der Waals surface area contributed by atoms with Gasteiger partial charge in [-0.2, -0.15) is 0 Å². The van der Waals surface area contributed by atoms with Crippen molar-refractivity contribution in [2.75, 3.05) is 0 Å². The van der Waals surface area contributed by atoms with Gasteiger partial charge in [0.15, 0.2) is 5.58 Å². The number of hydrogen-bond donors (Lipinski definition) is 0. The summed E-state index contributed by atoms with van der Waals surface area (Å²) in [6, 6.07) is 34.3. The molecule has 5 heterocycles. The first-order chi connectivity index (χ1) is 19.4. The Bertz CT molecular complexity index is 2350. The van der Waals surface area contributed by atoms with Crippen LogP contribution in [0, 0.1) is 0 Å². The zero-order chi connectivity index (χ0) is 25.5. The van der Waals surface area contributed by atoms with Crippen molar-refractivity contribution in [1.82, 2.24) is 19.1 Å². The molecule has 0 aliphatic heterocycles. The standard InChI is InChI=1S/C34H20N4O/c1-4-12-27-21(8-1)22-9-2-5-13-28(22)37(27)30-15-7-11-24-23-10-3-6-14-29(23)38(33(24)30)31-20-36-19-26-25-18-35-17-16-32(25)39-34(26)31/h1-20H. The van der Waals surface area contributed by atoms with Crippen LogP contribution in [-0.2, 0) is 0 Å². The molecule has 0 aliphatic carbocycles. The molecule has 4 aromatic carbocycles. The highest BCUT2D eigenvalue weighted by Crippen LogP contribution is 2.41. The van der Waals surface area contributed by atoms with Gasteiger partial charge in [-0.15, -0.1) is 0 Å². The fourth-order valence-electron chi connectivity index (χ4n) is 6.29. The molecular formula is C34H20N4O. The molecule has 182 valence electrons. The summed E-state index contributed by atoms with van der Waals surface area (Å²) in [5, 5.41) is 6.76. The van der Waals surface area contributed by atoms with Gasteiger partial charge in [0.2, 0.25) is 0 Å². The zero-order valence-electron chi connectivity index (χ0n) is 20.7. The van der Waals surface area contributed by atoms with Crippen LogP contribution in [0.5, 0.6) is 0 Å². The summed E-state index contributed by atoms with van der Waals surface area (Å²) in [5.41, 5.74) is 8.18. The maximum atomic E-state index is 6.47. The highest BCUT2D eigenvalue weighted by molar-refractivity contribution is 6.16. The Kier molecular flexibility index (Phi) is 3.99. The third kappa shape index (κ3) is 2.68. The SMILES string of the molecule is c1ccc2c(c1)c1ccccc1n2-c1cccc2c3ccccc3n(-c3cncc4c3oc3ccncc34)c12. The fraction of sp³-hybridized carbons (Fsp3) is 0. The van der Waals surface area contributed by atoms with E-state index in [1.165, 1.54) is 32.6 Å². The lowest BCUT2D eigenvalue weighted by molar-refractivity contribution is 0.665. The Morgan fingerprint density at radius 3 is 1.82 bits per heavy atom. The van der Waals surface area contributed by atoms with Gasteiger partial charge < -0.3 is 13.6 Å². The van der Waals surface area contributed by atoms with Crippen LogP contribution in [0.15, 0.2) is 126 Å². The molecule has 5 aromatic heterocycles. The van der Waals surface area contributed by atoms with E-state index in [2.05, 4.69) is 110 Å². The summed E-state index contributed by atoms with van der Waals surface area (Å²) < 4.78 is 11.2. The molecule has 9 aromatic rings. The maximum absolute atomic E-state index is 6.47. The summed E-state index contributed by atoms with van der Waals surface area (Å²) in [7, 11) is 0. The lowest BCUT2D eigenvalue weighted by atomic mass is 10.1. The second-order valence-corrected chi connectivity index (χ2v) is 9.90. The normalized spacial score (nSPS) is 12.1. The topological polar surface area (TPSA) is 48.8 Å². The number of pyridine rings is 2. The summed E-state index contributed by atoms with van der Waals surface area (Å²) >= 11 is 0. The molecule has 5 heteroatoms. The van der Waals surface area contributed by atoms with Crippen LogP contribution in [0.2, 0.25) is 0 Å². The molecule has 0 spiro atoms. The minimum atomic E-state index is 0.799. The van der Waals surface area contributed by atoms with E-state index in [1.807, 2.05) is 24.7 Å². The fourth-order valence-corrected chi connectivity index (χ4v) is 6.29. The highest BCUT2D eigenvalue weighted by Gasteiger charge is 2.22. The zero-order valence-corrected chi connectivity index (χ0v) is 20.7. The first kappa shape index (κ1) is 20.6. The van der Waals surface area contributed by atoms with Crippen molar-refractivity contribution in [1.29, 1.82) is 0 Å². The summed E-state index contributed by atoms with van der Waals surface area (Å²) in [4.78, 5) is 9.02. The molecule has 0 aliphatic rings. The van der Waals surface area contributed by atoms with Crippen LogP contribution < -0.4 is 0 Å². The summed E-state index contributed by atoms with van der Waals surface area (Å²) in [6.07, 6.45) is 7.39. The molecule has 0 saturated heterocycles. The van der Waals surface area contributed by atoms with Crippen molar-refractivity contribution in [3.05, 3.63) is 122 Å². The predicted molar refractivity (Wildman–Crippen MR) is 158 cm³/mol. The van der Waals surface area contributed by atoms with E-state index in [0.717, 1.165) is 44.3 Å². The summed E-state index contributed by atoms with van der Waals surface area (Å²) in [5.74, 6) is 0. The average Bonchev–Trinajstić information content (AvgIpc) is 3.65. The Balaban J connectivity index is 1.50. The average molecular weight is 501 g/mol. The maximum Gasteiger partial charge on any atom is 0.162 e. The monoisotopic (exact) mass is 500 g/mol. The van der Waals surface area contributed by atoms with Gasteiger partial charge in [-0.05, 0) is 30.3 Å². The minimum Gasteiger partial charge on any atom is -0.454 e. The van der Waals surface area contributed by atoms with Gasteiger partial charge in [0, 0.05) is 45.5 Å². The molecular weight excluding hydrogens is 480 g/mol. The smallest absolute Gasteiger partial charge is 0.162 e. The molecule has 0 atom stereocenters. The number of nitrogens with zero attached hydrogens (tertiary/aromatic N) is 4. The molecule has 0 bridgehead atoms. The molecule has 39 heavy (non-hydrogen) atoms. The van der Waals surface area contributed by atoms with E-state index in [1.54, 1.807) is 6.20 Å². The Labute approximate surface area is 222 Å². The van der Waals surface area contributed by atoms with Crippen LogP contribution in [0.3, 0.4) is 0 Å². The quantitative estimate of drug-likeness (QED) is 0.239. The predicted octanol–water partition coefficient (Wildman–Crippen LogP) is 8.57. The molecule has 0 saturated carbocycles. The van der Waals surface area contributed by atoms with Gasteiger partial charge in [-0.3, -0.25) is 9.97 Å². The van der Waals surface area contributed by atoms with Crippen molar-refractivity contribution < 1.29 is 4.42 Å². The second kappa shape index (κ2) is 7.55. The van der Waals surface area contributed by atoms with Gasteiger partial charge in [0.05, 0.1) is 39.3 Å². The molecule has 0 N–H and O–H groups in total. The third-order valence-corrected chi connectivity index (χ3v) is 7.90. The first-order valence-corrected chi connectivity index (χ1v) is 13.0. The Hall–Kier alpha value is -5.42. The Morgan fingerprint density at radius 1 is 0.462 bits per heavy atom. The minimum absolute atomic E-state index is 0.799. The van der Waals surface area contributed by atoms with E-state index >= 15 is 0 Å². The van der Waals surface area contributed by atoms with Gasteiger partial charge >= 0.3 is 0 Å². The van der Waals surface area contributed by atoms with Gasteiger partial charge in [0.1, 0.15) is 11.3 Å². The largest absolute Gasteiger partial charge is 0.454 e. The van der Waals surface area contributed by atoms with Crippen LogP contribution >= 0.6 is 0 Å². The van der Waals surface area contributed by atoms with Crippen molar-refractivity contribution in [2.24, 2.45) is 0 Å². The van der Waals surface area contributed by atoms with E-state index < -0.39 is 0 Å². The van der Waals surface area contributed by atoms with Crippen LogP contribution in [0.1, 0.15) is 0 Å². The van der Waals surface area contributed by atoms with Crippen LogP contribution in [0.25, 0.3) is 76.9 Å². The summed E-state index contributed by atoms with van der Waals surface area (Å²) in [6.45, 7) is 0. The van der Waals surface area contributed by atoms with Crippen molar-refractivity contribution in [3.63, 3.8) is 0 Å². The second-order valence-electron chi connectivity index (χ2n) is 9.90. The highest BCUT2D eigenvalue weighted by atomic mass is 16.3. The van der Waals surface area contributed by atoms with E-state index in [9.17, 15) is 0 Å². The number of furan rings is 1. The van der Waals surface area contributed by atoms with Gasteiger partial charge in [-0.25, -0.2) is 0 Å². The van der Waals surface area contributed by atoms with Crippen LogP contribution in [-0.4, -0.2) is 19.1 Å². The number of para-hydroxylation sites is 4. The number of hydrogen-bond acceptors (Lipinski definition) is 3. The van der Waals surface area contributed by atoms with Crippen LogP contribution in [0.4, 0.5) is 0 Å². The molecule has 0 unspecified atom stereocenters. The molecule has 0 amide bonds. The number of aromatic nitrogens is 4. The van der Waals surface area contributed by atoms with E-state index in [0.29, 0.717) is 0 Å². The van der Waals surface area contributed by atoms with E-state index in [-0.39, 0.29) is 0 Å². The van der Waals surface area contributed by atoms with Gasteiger partial charge in [-0.1, -0.05) is 66.7 Å². The van der Waals surface area contributed by atoms with Crippen molar-refractivity contribution in [3.8, 4) is 11.4 Å². The molecule has 0 radical (unpaired) electrons. The van der Waals surface area contributed by atoms with Crippen molar-refractivity contribution in [2.45, 2.75) is 0 Å². The molecule has 9 rings (SSSR count). The Morgan fingerprint density at radius 2 is 1.08 bits per heavy atom.